The number of hydrogen-bond acceptors (Lipinski definition) is 6. The molecule has 0 fully saturated rings. The minimum atomic E-state index is -0.568. The van der Waals surface area contributed by atoms with E-state index < -0.39 is 17.7 Å². The highest BCUT2D eigenvalue weighted by molar-refractivity contribution is 7.09. The van der Waals surface area contributed by atoms with E-state index in [0.717, 1.165) is 0 Å². The van der Waals surface area contributed by atoms with Gasteiger partial charge in [-0.1, -0.05) is 12.1 Å². The number of ether oxygens (including phenoxy) is 2. The Kier molecular flexibility index (Phi) is 7.68. The van der Waals surface area contributed by atoms with Gasteiger partial charge in [0.1, 0.15) is 10.8 Å². The molecule has 0 unspecified atom stereocenters. The van der Waals surface area contributed by atoms with Crippen molar-refractivity contribution in [1.29, 1.82) is 0 Å². The van der Waals surface area contributed by atoms with Crippen molar-refractivity contribution in [2.24, 2.45) is 0 Å². The first-order valence-electron chi connectivity index (χ1n) is 8.21. The van der Waals surface area contributed by atoms with Crippen molar-refractivity contribution >= 4 is 23.2 Å². The summed E-state index contributed by atoms with van der Waals surface area (Å²) in [7, 11) is 1.28. The Hall–Kier alpha value is -2.32. The maximum absolute atomic E-state index is 14.0. The minimum Gasteiger partial charge on any atom is -0.464 e. The van der Waals surface area contributed by atoms with E-state index in [2.05, 4.69) is 9.72 Å². The van der Waals surface area contributed by atoms with E-state index in [4.69, 9.17) is 4.74 Å². The van der Waals surface area contributed by atoms with Crippen LogP contribution < -0.4 is 0 Å². The Morgan fingerprint density at radius 1 is 1.31 bits per heavy atom. The number of amides is 1. The molecule has 0 radical (unpaired) electrons. The van der Waals surface area contributed by atoms with Crippen molar-refractivity contribution in [2.75, 3.05) is 26.9 Å². The van der Waals surface area contributed by atoms with Crippen LogP contribution in [0.25, 0.3) is 0 Å². The Morgan fingerprint density at radius 3 is 2.77 bits per heavy atom. The standard InChI is InChI=1S/C18H21FN2O4S/c1-3-25-10-6-9-21(17(22)13-7-4-5-8-14(13)19)11-16-20-15(12-26-16)18(23)24-2/h4-5,7-8,12H,3,6,9-11H2,1-2H3. The molecule has 0 aliphatic carbocycles. The van der Waals surface area contributed by atoms with Gasteiger partial charge in [0.05, 0.1) is 19.2 Å². The lowest BCUT2D eigenvalue weighted by Gasteiger charge is -2.22. The van der Waals surface area contributed by atoms with Gasteiger partial charge in [-0.2, -0.15) is 0 Å². The molecular formula is C18H21FN2O4S. The third-order valence-electron chi connectivity index (χ3n) is 3.58. The van der Waals surface area contributed by atoms with Crippen LogP contribution >= 0.6 is 11.3 Å². The summed E-state index contributed by atoms with van der Waals surface area (Å²) in [6.07, 6.45) is 0.614. The highest BCUT2D eigenvalue weighted by atomic mass is 32.1. The molecule has 0 N–H and O–H groups in total. The molecule has 26 heavy (non-hydrogen) atoms. The van der Waals surface area contributed by atoms with E-state index in [-0.39, 0.29) is 17.8 Å². The van der Waals surface area contributed by atoms with Crippen LogP contribution in [0.3, 0.4) is 0 Å². The van der Waals surface area contributed by atoms with Gasteiger partial charge in [-0.25, -0.2) is 14.2 Å². The second kappa shape index (κ2) is 9.98. The van der Waals surface area contributed by atoms with Gasteiger partial charge >= 0.3 is 5.97 Å². The predicted octanol–water partition coefficient (Wildman–Crippen LogP) is 3.14. The van der Waals surface area contributed by atoms with Crippen LogP contribution in [0, 0.1) is 5.82 Å². The number of benzene rings is 1. The molecule has 0 saturated carbocycles. The molecule has 0 aliphatic heterocycles. The Labute approximate surface area is 155 Å². The molecule has 0 bridgehead atoms. The molecule has 140 valence electrons. The van der Waals surface area contributed by atoms with E-state index in [1.807, 2.05) is 6.92 Å². The molecule has 0 aliphatic rings. The normalized spacial score (nSPS) is 10.6. The van der Waals surface area contributed by atoms with E-state index in [0.29, 0.717) is 31.2 Å². The van der Waals surface area contributed by atoms with Crippen molar-refractivity contribution in [2.45, 2.75) is 19.9 Å². The summed E-state index contributed by atoms with van der Waals surface area (Å²) in [6, 6.07) is 5.86. The summed E-state index contributed by atoms with van der Waals surface area (Å²) in [4.78, 5) is 30.0. The fourth-order valence-corrected chi connectivity index (χ4v) is 3.08. The molecule has 6 nitrogen and oxygen atoms in total. The van der Waals surface area contributed by atoms with Crippen LogP contribution in [-0.2, 0) is 16.0 Å². The van der Waals surface area contributed by atoms with Crippen molar-refractivity contribution in [3.63, 3.8) is 0 Å². The molecule has 2 aromatic rings. The molecule has 0 spiro atoms. The zero-order valence-corrected chi connectivity index (χ0v) is 15.6. The monoisotopic (exact) mass is 380 g/mol. The summed E-state index contributed by atoms with van der Waals surface area (Å²) in [5.41, 5.74) is 0.203. The molecule has 8 heteroatoms. The van der Waals surface area contributed by atoms with Gasteiger partial charge in [-0.05, 0) is 25.5 Å². The van der Waals surface area contributed by atoms with Gasteiger partial charge in [0, 0.05) is 25.1 Å². The Bertz CT molecular complexity index is 750. The fourth-order valence-electron chi connectivity index (χ4n) is 2.30. The van der Waals surface area contributed by atoms with Crippen molar-refractivity contribution in [1.82, 2.24) is 9.88 Å². The highest BCUT2D eigenvalue weighted by Crippen LogP contribution is 2.17. The van der Waals surface area contributed by atoms with Crippen LogP contribution in [-0.4, -0.2) is 48.6 Å². The lowest BCUT2D eigenvalue weighted by atomic mass is 10.2. The van der Waals surface area contributed by atoms with Gasteiger partial charge in [0.15, 0.2) is 5.69 Å². The second-order valence-corrected chi connectivity index (χ2v) is 6.32. The van der Waals surface area contributed by atoms with E-state index in [9.17, 15) is 14.0 Å². The van der Waals surface area contributed by atoms with Crippen LogP contribution in [0.2, 0.25) is 0 Å². The van der Waals surface area contributed by atoms with Crippen LogP contribution in [0.5, 0.6) is 0 Å². The van der Waals surface area contributed by atoms with Crippen molar-refractivity contribution in [3.05, 3.63) is 51.7 Å². The van der Waals surface area contributed by atoms with Gasteiger partial charge < -0.3 is 14.4 Å². The third-order valence-corrected chi connectivity index (χ3v) is 4.42. The molecule has 1 aromatic carbocycles. The third kappa shape index (κ3) is 5.34. The zero-order chi connectivity index (χ0) is 18.9. The first kappa shape index (κ1) is 20.0. The highest BCUT2D eigenvalue weighted by Gasteiger charge is 2.21. The molecule has 1 heterocycles. The molecule has 1 amide bonds. The van der Waals surface area contributed by atoms with Gasteiger partial charge in [-0.15, -0.1) is 11.3 Å². The number of carbonyl (C=O) groups excluding carboxylic acids is 2. The number of rotatable bonds is 9. The first-order chi connectivity index (χ1) is 12.6. The number of halogens is 1. The summed E-state index contributed by atoms with van der Waals surface area (Å²) < 4.78 is 23.9. The maximum atomic E-state index is 14.0. The van der Waals surface area contributed by atoms with Crippen LogP contribution in [0.1, 0.15) is 39.2 Å². The zero-order valence-electron chi connectivity index (χ0n) is 14.7. The van der Waals surface area contributed by atoms with E-state index in [1.165, 1.54) is 41.5 Å². The first-order valence-corrected chi connectivity index (χ1v) is 9.09. The van der Waals surface area contributed by atoms with E-state index >= 15 is 0 Å². The average molecular weight is 380 g/mol. The number of esters is 1. The van der Waals surface area contributed by atoms with Gasteiger partial charge in [0.2, 0.25) is 0 Å². The van der Waals surface area contributed by atoms with Gasteiger partial charge in [-0.3, -0.25) is 4.79 Å². The van der Waals surface area contributed by atoms with Crippen molar-refractivity contribution < 1.29 is 23.5 Å². The van der Waals surface area contributed by atoms with Crippen LogP contribution in [0.4, 0.5) is 4.39 Å². The smallest absolute Gasteiger partial charge is 0.357 e. The lowest BCUT2D eigenvalue weighted by molar-refractivity contribution is 0.0594. The van der Waals surface area contributed by atoms with Crippen LogP contribution in [0.15, 0.2) is 29.6 Å². The number of thiazole rings is 1. The SMILES string of the molecule is CCOCCCN(Cc1nc(C(=O)OC)cs1)C(=O)c1ccccc1F. The largest absolute Gasteiger partial charge is 0.464 e. The summed E-state index contributed by atoms with van der Waals surface area (Å²) in [5.74, 6) is -1.52. The van der Waals surface area contributed by atoms with E-state index in [1.54, 1.807) is 11.4 Å². The number of carbonyl (C=O) groups is 2. The number of aromatic nitrogens is 1. The fraction of sp³-hybridized carbons (Fsp3) is 0.389. The second-order valence-electron chi connectivity index (χ2n) is 5.38. The maximum Gasteiger partial charge on any atom is 0.357 e. The number of methoxy groups -OCH3 is 1. The molecular weight excluding hydrogens is 359 g/mol. The predicted molar refractivity (Wildman–Crippen MR) is 95.7 cm³/mol. The topological polar surface area (TPSA) is 68.7 Å². The van der Waals surface area contributed by atoms with Crippen molar-refractivity contribution in [3.8, 4) is 0 Å². The number of nitrogens with zero attached hydrogens (tertiary/aromatic N) is 2. The summed E-state index contributed by atoms with van der Waals surface area (Å²) in [6.45, 7) is 3.56. The number of hydrogen-bond donors (Lipinski definition) is 0. The lowest BCUT2D eigenvalue weighted by Crippen LogP contribution is -2.32. The molecule has 2 rings (SSSR count). The molecule has 0 atom stereocenters. The Morgan fingerprint density at radius 2 is 2.08 bits per heavy atom. The molecule has 0 saturated heterocycles. The summed E-state index contributed by atoms with van der Waals surface area (Å²) >= 11 is 1.25. The average Bonchev–Trinajstić information content (AvgIpc) is 3.12. The minimum absolute atomic E-state index is 0.00802. The quantitative estimate of drug-likeness (QED) is 0.494. The Balaban J connectivity index is 2.15. The summed E-state index contributed by atoms with van der Waals surface area (Å²) in [5, 5.41) is 2.15. The van der Waals surface area contributed by atoms with Gasteiger partial charge in [0.25, 0.3) is 5.91 Å². The molecule has 1 aromatic heterocycles.